The van der Waals surface area contributed by atoms with Crippen LogP contribution in [0.2, 0.25) is 0 Å². The highest BCUT2D eigenvalue weighted by atomic mass is 16.5. The Bertz CT molecular complexity index is 627. The van der Waals surface area contributed by atoms with E-state index >= 15 is 0 Å². The van der Waals surface area contributed by atoms with Crippen LogP contribution in [-0.4, -0.2) is 23.7 Å². The zero-order chi connectivity index (χ0) is 18.9. The Labute approximate surface area is 157 Å². The van der Waals surface area contributed by atoms with E-state index < -0.39 is 0 Å². The molecule has 1 N–H and O–H groups in total. The highest BCUT2D eigenvalue weighted by Crippen LogP contribution is 2.47. The minimum absolute atomic E-state index is 0.00602. The van der Waals surface area contributed by atoms with E-state index in [0.717, 1.165) is 30.6 Å². The van der Waals surface area contributed by atoms with Crippen molar-refractivity contribution in [1.82, 2.24) is 5.32 Å². The van der Waals surface area contributed by atoms with Gasteiger partial charge >= 0.3 is 0 Å². The molecule has 2 fully saturated rings. The van der Waals surface area contributed by atoms with Crippen LogP contribution in [0.15, 0.2) is 24.3 Å². The molecule has 1 saturated heterocycles. The molecule has 1 aliphatic carbocycles. The summed E-state index contributed by atoms with van der Waals surface area (Å²) in [6, 6.07) is 8.24. The molecular weight excluding hydrogens is 326 g/mol. The van der Waals surface area contributed by atoms with Crippen LogP contribution < -0.4 is 10.1 Å². The molecule has 0 spiro atoms. The fraction of sp³-hybridized carbons (Fsp3) is 0.682. The minimum Gasteiger partial charge on any atom is -0.491 e. The van der Waals surface area contributed by atoms with E-state index in [0.29, 0.717) is 11.8 Å². The molecule has 0 bridgehead atoms. The standard InChI is InChI=1S/C22H33NO3/c1-14(2)25-18-9-7-17(8-10-18)21-13-22(5,23-16(4)24)19-11-6-15(3)12-20(19)26-21/h7-10,14-15,19-21H,6,11-13H2,1-5H3,(H,23,24)/t15-,19-,20-,21-,22+/m1/s1. The van der Waals surface area contributed by atoms with Crippen molar-refractivity contribution in [2.75, 3.05) is 0 Å². The molecule has 1 amide bonds. The lowest BCUT2D eigenvalue weighted by molar-refractivity contribution is -0.153. The summed E-state index contributed by atoms with van der Waals surface area (Å²) in [7, 11) is 0. The summed E-state index contributed by atoms with van der Waals surface area (Å²) in [4.78, 5) is 11.9. The van der Waals surface area contributed by atoms with Crippen molar-refractivity contribution >= 4 is 5.91 Å². The Morgan fingerprint density at radius 3 is 2.58 bits per heavy atom. The minimum atomic E-state index is -0.216. The number of carbonyl (C=O) groups is 1. The fourth-order valence-electron chi connectivity index (χ4n) is 4.78. The van der Waals surface area contributed by atoms with Crippen LogP contribution in [0.4, 0.5) is 0 Å². The van der Waals surface area contributed by atoms with Gasteiger partial charge < -0.3 is 14.8 Å². The van der Waals surface area contributed by atoms with Gasteiger partial charge in [0, 0.05) is 24.8 Å². The molecule has 1 aromatic carbocycles. The molecular formula is C22H33NO3. The first-order valence-electron chi connectivity index (χ1n) is 9.97. The molecule has 1 heterocycles. The number of amides is 1. The Morgan fingerprint density at radius 2 is 1.96 bits per heavy atom. The topological polar surface area (TPSA) is 47.6 Å². The van der Waals surface area contributed by atoms with Gasteiger partial charge in [0.2, 0.25) is 5.91 Å². The zero-order valence-corrected chi connectivity index (χ0v) is 16.7. The van der Waals surface area contributed by atoms with Crippen molar-refractivity contribution in [3.8, 4) is 5.75 Å². The lowest BCUT2D eigenvalue weighted by Gasteiger charge is -2.52. The molecule has 144 valence electrons. The third-order valence-electron chi connectivity index (χ3n) is 5.91. The van der Waals surface area contributed by atoms with Gasteiger partial charge in [-0.2, -0.15) is 0 Å². The van der Waals surface area contributed by atoms with Gasteiger partial charge in [0.05, 0.1) is 18.3 Å². The predicted molar refractivity (Wildman–Crippen MR) is 103 cm³/mol. The maximum atomic E-state index is 11.9. The Morgan fingerprint density at radius 1 is 1.27 bits per heavy atom. The Kier molecular flexibility index (Phi) is 5.61. The molecule has 3 rings (SSSR count). The zero-order valence-electron chi connectivity index (χ0n) is 16.7. The van der Waals surface area contributed by atoms with Gasteiger partial charge in [0.15, 0.2) is 0 Å². The van der Waals surface area contributed by atoms with Gasteiger partial charge in [0.25, 0.3) is 0 Å². The van der Waals surface area contributed by atoms with Gasteiger partial charge in [-0.05, 0) is 57.2 Å². The number of hydrogen-bond acceptors (Lipinski definition) is 3. The third kappa shape index (κ3) is 4.22. The monoisotopic (exact) mass is 359 g/mol. The average molecular weight is 360 g/mol. The average Bonchev–Trinajstić information content (AvgIpc) is 2.53. The molecule has 0 unspecified atom stereocenters. The quantitative estimate of drug-likeness (QED) is 0.852. The smallest absolute Gasteiger partial charge is 0.217 e. The van der Waals surface area contributed by atoms with Gasteiger partial charge in [0.1, 0.15) is 5.75 Å². The van der Waals surface area contributed by atoms with Crippen LogP contribution in [0.3, 0.4) is 0 Å². The van der Waals surface area contributed by atoms with Crippen molar-refractivity contribution in [2.45, 2.75) is 84.2 Å². The van der Waals surface area contributed by atoms with Crippen LogP contribution in [0.1, 0.15) is 72.0 Å². The Hall–Kier alpha value is -1.55. The first-order valence-corrected chi connectivity index (χ1v) is 9.97. The van der Waals surface area contributed by atoms with Gasteiger partial charge in [-0.3, -0.25) is 4.79 Å². The van der Waals surface area contributed by atoms with Crippen LogP contribution in [0, 0.1) is 11.8 Å². The van der Waals surface area contributed by atoms with Crippen molar-refractivity contribution in [1.29, 1.82) is 0 Å². The van der Waals surface area contributed by atoms with E-state index in [1.807, 2.05) is 26.0 Å². The number of fused-ring (bicyclic) bond motifs is 1. The summed E-state index contributed by atoms with van der Waals surface area (Å²) in [5.74, 6) is 2.00. The number of nitrogens with one attached hydrogen (secondary N) is 1. The highest BCUT2D eigenvalue weighted by Gasteiger charge is 2.49. The number of carbonyl (C=O) groups excluding carboxylic acids is 1. The predicted octanol–water partition coefficient (Wildman–Crippen LogP) is 4.63. The lowest BCUT2D eigenvalue weighted by atomic mass is 9.66. The molecule has 0 radical (unpaired) electrons. The molecule has 4 nitrogen and oxygen atoms in total. The molecule has 1 aliphatic heterocycles. The third-order valence-corrected chi connectivity index (χ3v) is 5.91. The van der Waals surface area contributed by atoms with Crippen LogP contribution in [0.25, 0.3) is 0 Å². The maximum Gasteiger partial charge on any atom is 0.217 e. The molecule has 4 heteroatoms. The van der Waals surface area contributed by atoms with Gasteiger partial charge in [-0.25, -0.2) is 0 Å². The molecule has 26 heavy (non-hydrogen) atoms. The van der Waals surface area contributed by atoms with Crippen molar-refractivity contribution in [2.24, 2.45) is 11.8 Å². The van der Waals surface area contributed by atoms with Crippen LogP contribution >= 0.6 is 0 Å². The van der Waals surface area contributed by atoms with E-state index in [2.05, 4.69) is 31.3 Å². The largest absolute Gasteiger partial charge is 0.491 e. The SMILES string of the molecule is CC(=O)N[C@@]1(C)C[C@H](c2ccc(OC(C)C)cc2)O[C@@H]2C[C@H](C)CC[C@H]21. The van der Waals surface area contributed by atoms with E-state index in [1.165, 1.54) is 6.42 Å². The Balaban J connectivity index is 1.82. The first-order chi connectivity index (χ1) is 12.3. The lowest BCUT2D eigenvalue weighted by Crippen LogP contribution is -2.60. The van der Waals surface area contributed by atoms with Crippen molar-refractivity contribution < 1.29 is 14.3 Å². The van der Waals surface area contributed by atoms with E-state index in [9.17, 15) is 4.79 Å². The van der Waals surface area contributed by atoms with E-state index in [4.69, 9.17) is 9.47 Å². The van der Waals surface area contributed by atoms with E-state index in [1.54, 1.807) is 6.92 Å². The number of benzene rings is 1. The number of hydrogen-bond donors (Lipinski definition) is 1. The van der Waals surface area contributed by atoms with Gasteiger partial charge in [-0.1, -0.05) is 25.5 Å². The normalized spacial score (nSPS) is 34.2. The van der Waals surface area contributed by atoms with Crippen LogP contribution in [-0.2, 0) is 9.53 Å². The second-order valence-electron chi connectivity index (χ2n) is 8.73. The van der Waals surface area contributed by atoms with Crippen molar-refractivity contribution in [3.05, 3.63) is 29.8 Å². The van der Waals surface area contributed by atoms with Gasteiger partial charge in [-0.15, -0.1) is 0 Å². The summed E-state index contributed by atoms with van der Waals surface area (Å²) in [6.45, 7) is 10.2. The summed E-state index contributed by atoms with van der Waals surface area (Å²) < 4.78 is 12.3. The second-order valence-corrected chi connectivity index (χ2v) is 8.73. The van der Waals surface area contributed by atoms with E-state index in [-0.39, 0.29) is 29.8 Å². The second kappa shape index (κ2) is 7.59. The van der Waals surface area contributed by atoms with Crippen molar-refractivity contribution in [3.63, 3.8) is 0 Å². The summed E-state index contributed by atoms with van der Waals surface area (Å²) in [5, 5.41) is 3.27. The molecule has 0 aromatic heterocycles. The maximum absolute atomic E-state index is 11.9. The number of rotatable bonds is 4. The molecule has 5 atom stereocenters. The summed E-state index contributed by atoms with van der Waals surface area (Å²) in [5.41, 5.74) is 0.946. The molecule has 1 saturated carbocycles. The fourth-order valence-corrected chi connectivity index (χ4v) is 4.78. The first kappa shape index (κ1) is 19.2. The summed E-state index contributed by atoms with van der Waals surface area (Å²) in [6.07, 6.45) is 4.60. The number of ether oxygens (including phenoxy) is 2. The van der Waals surface area contributed by atoms with Crippen LogP contribution in [0.5, 0.6) is 5.75 Å². The summed E-state index contributed by atoms with van der Waals surface area (Å²) >= 11 is 0. The molecule has 1 aromatic rings. The molecule has 2 aliphatic rings. The highest BCUT2D eigenvalue weighted by molar-refractivity contribution is 5.73.